The fraction of sp³-hybridized carbons (Fsp3) is 0.484. The summed E-state index contributed by atoms with van der Waals surface area (Å²) in [5.41, 5.74) is 0.976. The molecule has 1 amide bonds. The van der Waals surface area contributed by atoms with Crippen molar-refractivity contribution in [3.05, 3.63) is 64.5 Å². The van der Waals surface area contributed by atoms with Crippen LogP contribution in [-0.2, 0) is 22.4 Å². The zero-order valence-electron chi connectivity index (χ0n) is 22.7. The van der Waals surface area contributed by atoms with Gasteiger partial charge in [-0.25, -0.2) is 4.79 Å². The first kappa shape index (κ1) is 28.7. The van der Waals surface area contributed by atoms with E-state index in [1.807, 2.05) is 35.2 Å². The molecule has 2 aromatic carbocycles. The van der Waals surface area contributed by atoms with Crippen LogP contribution in [0.1, 0.15) is 75.3 Å². The maximum atomic E-state index is 13.5. The molecular formula is C31H41NO4S. The van der Waals surface area contributed by atoms with Crippen LogP contribution in [0.2, 0.25) is 0 Å². The molecule has 1 unspecified atom stereocenters. The standard InChI is InChI=1S/C31H41NO4S/c1-5-7-8-9-12-19-32(29(33)22-28-23(3)26-16-10-11-17-27(26)37-28)20-18-24-14-13-15-25(21-24)36-31(4,6-2)30(34)35/h10-11,13-17,21H,5-9,12,18-20,22H2,1-4H3,(H,34,35). The van der Waals surface area contributed by atoms with Gasteiger partial charge in [0.05, 0.1) is 6.42 Å². The van der Waals surface area contributed by atoms with Gasteiger partial charge in [0.2, 0.25) is 11.5 Å². The predicted octanol–water partition coefficient (Wildman–Crippen LogP) is 7.43. The van der Waals surface area contributed by atoms with Gasteiger partial charge in [-0.1, -0.05) is 69.9 Å². The number of unbranched alkanes of at least 4 members (excludes halogenated alkanes) is 4. The Morgan fingerprint density at radius 1 is 1.00 bits per heavy atom. The third-order valence-corrected chi connectivity index (χ3v) is 8.45. The molecule has 1 aromatic heterocycles. The van der Waals surface area contributed by atoms with Crippen LogP contribution >= 0.6 is 11.3 Å². The lowest BCUT2D eigenvalue weighted by molar-refractivity contribution is -0.154. The van der Waals surface area contributed by atoms with E-state index in [0.29, 0.717) is 31.6 Å². The van der Waals surface area contributed by atoms with Crippen LogP contribution in [0.25, 0.3) is 10.1 Å². The minimum atomic E-state index is -1.26. The van der Waals surface area contributed by atoms with E-state index in [0.717, 1.165) is 29.8 Å². The van der Waals surface area contributed by atoms with Gasteiger partial charge >= 0.3 is 5.97 Å². The summed E-state index contributed by atoms with van der Waals surface area (Å²) in [5.74, 6) is -0.263. The van der Waals surface area contributed by atoms with Crippen LogP contribution in [0.3, 0.4) is 0 Å². The van der Waals surface area contributed by atoms with E-state index >= 15 is 0 Å². The highest BCUT2D eigenvalue weighted by Crippen LogP contribution is 2.31. The molecule has 3 aromatic rings. The Kier molecular flexibility index (Phi) is 10.6. The van der Waals surface area contributed by atoms with Crippen LogP contribution < -0.4 is 4.74 Å². The van der Waals surface area contributed by atoms with Gasteiger partial charge in [-0.2, -0.15) is 0 Å². The number of carboxylic acid groups (broad SMARTS) is 1. The molecule has 0 aliphatic carbocycles. The molecule has 5 nitrogen and oxygen atoms in total. The molecular weight excluding hydrogens is 482 g/mol. The van der Waals surface area contributed by atoms with Crippen molar-refractivity contribution in [2.24, 2.45) is 0 Å². The van der Waals surface area contributed by atoms with Gasteiger partial charge in [0.25, 0.3) is 0 Å². The van der Waals surface area contributed by atoms with Gasteiger partial charge in [0.15, 0.2) is 0 Å². The summed E-state index contributed by atoms with van der Waals surface area (Å²) < 4.78 is 7.08. The van der Waals surface area contributed by atoms with Crippen molar-refractivity contribution in [2.75, 3.05) is 13.1 Å². The first-order valence-corrected chi connectivity index (χ1v) is 14.3. The van der Waals surface area contributed by atoms with Crippen LogP contribution in [0, 0.1) is 6.92 Å². The molecule has 1 N–H and O–H groups in total. The molecule has 0 spiro atoms. The summed E-state index contributed by atoms with van der Waals surface area (Å²) in [6, 6.07) is 15.9. The highest BCUT2D eigenvalue weighted by Gasteiger charge is 2.33. The van der Waals surface area contributed by atoms with E-state index in [-0.39, 0.29) is 5.91 Å². The largest absolute Gasteiger partial charge is 0.478 e. The number of carbonyl (C=O) groups excluding carboxylic acids is 1. The van der Waals surface area contributed by atoms with E-state index in [1.54, 1.807) is 31.3 Å². The third kappa shape index (κ3) is 7.81. The zero-order chi connectivity index (χ0) is 26.8. The first-order valence-electron chi connectivity index (χ1n) is 13.5. The van der Waals surface area contributed by atoms with Crippen molar-refractivity contribution in [3.8, 4) is 5.75 Å². The molecule has 0 bridgehead atoms. The summed E-state index contributed by atoms with van der Waals surface area (Å²) in [7, 11) is 0. The molecule has 0 saturated heterocycles. The molecule has 0 saturated carbocycles. The molecule has 0 radical (unpaired) electrons. The van der Waals surface area contributed by atoms with Crippen LogP contribution in [0.15, 0.2) is 48.5 Å². The number of rotatable bonds is 15. The molecule has 1 heterocycles. The van der Waals surface area contributed by atoms with Crippen molar-refractivity contribution < 1.29 is 19.4 Å². The number of hydrogen-bond donors (Lipinski definition) is 1. The quantitative estimate of drug-likeness (QED) is 0.210. The second-order valence-electron chi connectivity index (χ2n) is 10.0. The van der Waals surface area contributed by atoms with Gasteiger partial charge < -0.3 is 14.7 Å². The minimum absolute atomic E-state index is 0.169. The van der Waals surface area contributed by atoms with E-state index < -0.39 is 11.6 Å². The third-order valence-electron chi connectivity index (χ3n) is 7.18. The number of carbonyl (C=O) groups is 2. The molecule has 1 atom stereocenters. The summed E-state index contributed by atoms with van der Waals surface area (Å²) in [5, 5.41) is 10.8. The number of carboxylic acids is 1. The smallest absolute Gasteiger partial charge is 0.347 e. The van der Waals surface area contributed by atoms with Gasteiger partial charge in [-0.15, -0.1) is 11.3 Å². The summed E-state index contributed by atoms with van der Waals surface area (Å²) in [6.45, 7) is 9.11. The molecule has 3 rings (SSSR count). The molecule has 0 fully saturated rings. The Balaban J connectivity index is 1.70. The predicted molar refractivity (Wildman–Crippen MR) is 153 cm³/mol. The van der Waals surface area contributed by atoms with Gasteiger partial charge in [-0.3, -0.25) is 4.79 Å². The highest BCUT2D eigenvalue weighted by atomic mass is 32.1. The summed E-state index contributed by atoms with van der Waals surface area (Å²) >= 11 is 1.72. The van der Waals surface area contributed by atoms with E-state index in [9.17, 15) is 14.7 Å². The Morgan fingerprint density at radius 2 is 1.76 bits per heavy atom. The van der Waals surface area contributed by atoms with Crippen molar-refractivity contribution in [3.63, 3.8) is 0 Å². The molecule has 6 heteroatoms. The Hall–Kier alpha value is -2.86. The highest BCUT2D eigenvalue weighted by molar-refractivity contribution is 7.19. The molecule has 200 valence electrons. The SMILES string of the molecule is CCCCCCCN(CCc1cccc(OC(C)(CC)C(=O)O)c1)C(=O)Cc1sc2ccccc2c1C. The molecule has 37 heavy (non-hydrogen) atoms. The normalized spacial score (nSPS) is 12.9. The minimum Gasteiger partial charge on any atom is -0.478 e. The number of nitrogens with zero attached hydrogens (tertiary/aromatic N) is 1. The monoisotopic (exact) mass is 523 g/mol. The number of benzene rings is 2. The maximum absolute atomic E-state index is 13.5. The van der Waals surface area contributed by atoms with Crippen molar-refractivity contribution in [2.45, 2.75) is 84.7 Å². The van der Waals surface area contributed by atoms with Crippen LogP contribution in [-0.4, -0.2) is 40.6 Å². The average Bonchev–Trinajstić information content (AvgIpc) is 3.20. The van der Waals surface area contributed by atoms with E-state index in [1.165, 1.54) is 34.9 Å². The van der Waals surface area contributed by atoms with Gasteiger partial charge in [0.1, 0.15) is 5.75 Å². The van der Waals surface area contributed by atoms with Gasteiger partial charge in [0, 0.05) is 22.7 Å². The Labute approximate surface area is 225 Å². The van der Waals surface area contributed by atoms with E-state index in [2.05, 4.69) is 26.0 Å². The van der Waals surface area contributed by atoms with Crippen LogP contribution in [0.4, 0.5) is 0 Å². The lowest BCUT2D eigenvalue weighted by atomic mass is 10.0. The Morgan fingerprint density at radius 3 is 2.46 bits per heavy atom. The number of fused-ring (bicyclic) bond motifs is 1. The average molecular weight is 524 g/mol. The lowest BCUT2D eigenvalue weighted by Gasteiger charge is -2.25. The molecule has 0 aliphatic heterocycles. The second-order valence-corrected chi connectivity index (χ2v) is 11.1. The van der Waals surface area contributed by atoms with Gasteiger partial charge in [-0.05, 0) is 67.8 Å². The van der Waals surface area contributed by atoms with E-state index in [4.69, 9.17) is 4.74 Å². The van der Waals surface area contributed by atoms with Crippen molar-refractivity contribution in [1.82, 2.24) is 4.90 Å². The fourth-order valence-electron chi connectivity index (χ4n) is 4.47. The topological polar surface area (TPSA) is 66.8 Å². The van der Waals surface area contributed by atoms with Crippen molar-refractivity contribution >= 4 is 33.3 Å². The number of aliphatic carboxylic acids is 1. The fourth-order valence-corrected chi connectivity index (χ4v) is 5.67. The second kappa shape index (κ2) is 13.6. The number of aryl methyl sites for hydroxylation is 1. The number of ether oxygens (including phenoxy) is 1. The summed E-state index contributed by atoms with van der Waals surface area (Å²) in [4.78, 5) is 28.3. The summed E-state index contributed by atoms with van der Waals surface area (Å²) in [6.07, 6.45) is 7.26. The lowest BCUT2D eigenvalue weighted by Crippen LogP contribution is -2.40. The number of amides is 1. The first-order chi connectivity index (χ1) is 17.8. The molecule has 0 aliphatic rings. The van der Waals surface area contributed by atoms with Crippen LogP contribution in [0.5, 0.6) is 5.75 Å². The number of thiophene rings is 1. The van der Waals surface area contributed by atoms with Crippen molar-refractivity contribution in [1.29, 1.82) is 0 Å². The Bertz CT molecular complexity index is 1190. The maximum Gasteiger partial charge on any atom is 0.347 e. The number of hydrogen-bond acceptors (Lipinski definition) is 4. The zero-order valence-corrected chi connectivity index (χ0v) is 23.5.